The molecule has 98 valence electrons. The predicted octanol–water partition coefficient (Wildman–Crippen LogP) is 3.57. The van der Waals surface area contributed by atoms with E-state index in [9.17, 15) is 9.18 Å². The highest BCUT2D eigenvalue weighted by molar-refractivity contribution is 6.34. The number of carbonyl (C=O) groups excluding carboxylic acids is 1. The van der Waals surface area contributed by atoms with Gasteiger partial charge in [0.15, 0.2) is 0 Å². The first-order chi connectivity index (χ1) is 8.49. The third-order valence-electron chi connectivity index (χ3n) is 3.24. The van der Waals surface area contributed by atoms with Crippen LogP contribution in [0.1, 0.15) is 23.2 Å². The van der Waals surface area contributed by atoms with Gasteiger partial charge in [0, 0.05) is 19.0 Å². The number of rotatable bonds is 3. The minimum absolute atomic E-state index is 0.113. The molecule has 0 bridgehead atoms. The summed E-state index contributed by atoms with van der Waals surface area (Å²) in [6.07, 6.45) is 1.85. The maximum absolute atomic E-state index is 13.3. The van der Waals surface area contributed by atoms with Crippen LogP contribution >= 0.6 is 23.2 Å². The molecule has 0 aliphatic heterocycles. The van der Waals surface area contributed by atoms with E-state index in [1.807, 2.05) is 0 Å². The zero-order valence-electron chi connectivity index (χ0n) is 10.00. The molecule has 0 saturated heterocycles. The lowest BCUT2D eigenvalue weighted by Crippen LogP contribution is -2.38. The van der Waals surface area contributed by atoms with Crippen molar-refractivity contribution in [3.8, 4) is 0 Å². The van der Waals surface area contributed by atoms with E-state index in [4.69, 9.17) is 23.2 Å². The highest BCUT2D eigenvalue weighted by atomic mass is 35.5. The molecule has 1 aromatic rings. The van der Waals surface area contributed by atoms with Crippen molar-refractivity contribution in [2.24, 2.45) is 5.92 Å². The van der Waals surface area contributed by atoms with E-state index >= 15 is 0 Å². The quantitative estimate of drug-likeness (QED) is 0.779. The fraction of sp³-hybridized carbons (Fsp3) is 0.462. The molecule has 1 aliphatic carbocycles. The highest BCUT2D eigenvalue weighted by Gasteiger charge is 2.29. The van der Waals surface area contributed by atoms with Gasteiger partial charge in [-0.15, -0.1) is 11.6 Å². The van der Waals surface area contributed by atoms with E-state index in [-0.39, 0.29) is 21.9 Å². The van der Waals surface area contributed by atoms with Crippen molar-refractivity contribution < 1.29 is 9.18 Å². The van der Waals surface area contributed by atoms with E-state index in [1.54, 1.807) is 11.9 Å². The number of amides is 1. The van der Waals surface area contributed by atoms with Crippen LogP contribution in [0.25, 0.3) is 0 Å². The van der Waals surface area contributed by atoms with Gasteiger partial charge in [0.25, 0.3) is 5.91 Å². The Hall–Kier alpha value is -0.800. The Morgan fingerprint density at radius 2 is 2.17 bits per heavy atom. The van der Waals surface area contributed by atoms with E-state index < -0.39 is 5.82 Å². The van der Waals surface area contributed by atoms with Crippen LogP contribution < -0.4 is 0 Å². The van der Waals surface area contributed by atoms with Crippen LogP contribution in [0.15, 0.2) is 18.2 Å². The first kappa shape index (κ1) is 13.6. The summed E-state index contributed by atoms with van der Waals surface area (Å²) in [6.45, 7) is 0.634. The average Bonchev–Trinajstić information content (AvgIpc) is 2.30. The lowest BCUT2D eigenvalue weighted by Gasteiger charge is -2.34. The largest absolute Gasteiger partial charge is 0.341 e. The van der Waals surface area contributed by atoms with E-state index in [0.717, 1.165) is 12.8 Å². The Balaban J connectivity index is 2.04. The number of alkyl halides is 1. The molecule has 0 radical (unpaired) electrons. The van der Waals surface area contributed by atoms with E-state index in [1.165, 1.54) is 18.2 Å². The predicted molar refractivity (Wildman–Crippen MR) is 70.7 cm³/mol. The van der Waals surface area contributed by atoms with Crippen molar-refractivity contribution in [2.45, 2.75) is 18.2 Å². The second kappa shape index (κ2) is 5.45. The molecule has 2 rings (SSSR count). The van der Waals surface area contributed by atoms with Gasteiger partial charge in [0.2, 0.25) is 0 Å². The number of hydrogen-bond acceptors (Lipinski definition) is 1. The molecule has 0 aromatic heterocycles. The van der Waals surface area contributed by atoms with Gasteiger partial charge in [-0.05, 0) is 30.9 Å². The fourth-order valence-corrected chi connectivity index (χ4v) is 2.86. The first-order valence-corrected chi connectivity index (χ1v) is 6.64. The van der Waals surface area contributed by atoms with Crippen molar-refractivity contribution in [1.82, 2.24) is 4.90 Å². The molecule has 1 fully saturated rings. The zero-order chi connectivity index (χ0) is 13.3. The lowest BCUT2D eigenvalue weighted by molar-refractivity contribution is 0.0746. The third kappa shape index (κ3) is 2.78. The van der Waals surface area contributed by atoms with Crippen LogP contribution in [0.3, 0.4) is 0 Å². The number of nitrogens with zero attached hydrogens (tertiary/aromatic N) is 1. The van der Waals surface area contributed by atoms with Crippen LogP contribution in [0, 0.1) is 11.7 Å². The second-order valence-electron chi connectivity index (χ2n) is 4.72. The van der Waals surface area contributed by atoms with Gasteiger partial charge in [0.1, 0.15) is 5.82 Å². The molecule has 1 amide bonds. The van der Waals surface area contributed by atoms with Crippen LogP contribution in [-0.2, 0) is 0 Å². The smallest absolute Gasteiger partial charge is 0.255 e. The topological polar surface area (TPSA) is 20.3 Å². The molecular weight excluding hydrogens is 276 g/mol. The van der Waals surface area contributed by atoms with Crippen molar-refractivity contribution in [2.75, 3.05) is 13.6 Å². The Bertz CT molecular complexity index is 460. The summed E-state index contributed by atoms with van der Waals surface area (Å²) in [6, 6.07) is 4.26. The van der Waals surface area contributed by atoms with Crippen LogP contribution in [0.4, 0.5) is 4.39 Å². The SMILES string of the molecule is CN(CC1CC(Cl)C1)C(=O)c1cccc(F)c1Cl. The lowest BCUT2D eigenvalue weighted by atomic mass is 9.84. The Labute approximate surface area is 116 Å². The molecule has 0 atom stereocenters. The number of halogens is 3. The van der Waals surface area contributed by atoms with Crippen LogP contribution in [0.2, 0.25) is 5.02 Å². The molecule has 0 spiro atoms. The summed E-state index contributed by atoms with van der Waals surface area (Å²) in [4.78, 5) is 13.7. The summed E-state index contributed by atoms with van der Waals surface area (Å²) in [5.74, 6) is -0.383. The number of benzene rings is 1. The minimum Gasteiger partial charge on any atom is -0.341 e. The molecule has 1 aromatic carbocycles. The summed E-state index contributed by atoms with van der Waals surface area (Å²) in [5, 5.41) is 0.120. The molecule has 1 aliphatic rings. The highest BCUT2D eigenvalue weighted by Crippen LogP contribution is 2.32. The summed E-state index contributed by atoms with van der Waals surface area (Å²) in [7, 11) is 1.70. The molecule has 0 heterocycles. The van der Waals surface area contributed by atoms with Crippen LogP contribution in [0.5, 0.6) is 0 Å². The van der Waals surface area contributed by atoms with E-state index in [2.05, 4.69) is 0 Å². The zero-order valence-corrected chi connectivity index (χ0v) is 11.5. The summed E-state index contributed by atoms with van der Waals surface area (Å²) < 4.78 is 13.3. The molecule has 2 nitrogen and oxygen atoms in total. The van der Waals surface area contributed by atoms with Crippen molar-refractivity contribution in [1.29, 1.82) is 0 Å². The summed E-state index contributed by atoms with van der Waals surface area (Å²) >= 11 is 11.7. The molecule has 5 heteroatoms. The van der Waals surface area contributed by atoms with Gasteiger partial charge in [0.05, 0.1) is 10.6 Å². The van der Waals surface area contributed by atoms with E-state index in [0.29, 0.717) is 12.5 Å². The number of carbonyl (C=O) groups is 1. The second-order valence-corrected chi connectivity index (χ2v) is 5.72. The first-order valence-electron chi connectivity index (χ1n) is 5.82. The average molecular weight is 290 g/mol. The van der Waals surface area contributed by atoms with Gasteiger partial charge in [-0.2, -0.15) is 0 Å². The van der Waals surface area contributed by atoms with Gasteiger partial charge < -0.3 is 4.90 Å². The Morgan fingerprint density at radius 3 is 2.78 bits per heavy atom. The maximum Gasteiger partial charge on any atom is 0.255 e. The summed E-state index contributed by atoms with van der Waals surface area (Å²) in [5.41, 5.74) is 0.209. The van der Waals surface area contributed by atoms with Gasteiger partial charge >= 0.3 is 0 Å². The molecule has 18 heavy (non-hydrogen) atoms. The van der Waals surface area contributed by atoms with Crippen molar-refractivity contribution >= 4 is 29.1 Å². The molecule has 0 N–H and O–H groups in total. The standard InChI is InChI=1S/C13H14Cl2FNO/c1-17(7-8-5-9(14)6-8)13(18)10-3-2-4-11(16)12(10)15/h2-4,8-9H,5-7H2,1H3. The normalized spacial score (nSPS) is 22.4. The van der Waals surface area contributed by atoms with Crippen molar-refractivity contribution in [3.05, 3.63) is 34.6 Å². The fourth-order valence-electron chi connectivity index (χ4n) is 2.15. The molecule has 0 unspecified atom stereocenters. The minimum atomic E-state index is -0.569. The molecule has 1 saturated carbocycles. The van der Waals surface area contributed by atoms with Crippen LogP contribution in [-0.4, -0.2) is 29.8 Å². The van der Waals surface area contributed by atoms with Gasteiger partial charge in [-0.1, -0.05) is 17.7 Å². The van der Waals surface area contributed by atoms with Gasteiger partial charge in [-0.25, -0.2) is 4.39 Å². The Kier molecular flexibility index (Phi) is 4.13. The Morgan fingerprint density at radius 1 is 1.50 bits per heavy atom. The third-order valence-corrected chi connectivity index (χ3v) is 3.98. The van der Waals surface area contributed by atoms with Crippen molar-refractivity contribution in [3.63, 3.8) is 0 Å². The molecular formula is C13H14Cl2FNO. The number of hydrogen-bond donors (Lipinski definition) is 0. The monoisotopic (exact) mass is 289 g/mol. The van der Waals surface area contributed by atoms with Gasteiger partial charge in [-0.3, -0.25) is 4.79 Å². The maximum atomic E-state index is 13.3.